The lowest BCUT2D eigenvalue weighted by atomic mass is 9.98. The Kier molecular flexibility index (Phi) is 3.78. The van der Waals surface area contributed by atoms with E-state index in [9.17, 15) is 5.11 Å². The van der Waals surface area contributed by atoms with E-state index in [0.29, 0.717) is 17.3 Å². The van der Waals surface area contributed by atoms with Crippen LogP contribution in [0, 0.1) is 0 Å². The van der Waals surface area contributed by atoms with Crippen molar-refractivity contribution in [2.45, 2.75) is 26.2 Å². The molecule has 0 saturated heterocycles. The summed E-state index contributed by atoms with van der Waals surface area (Å²) >= 11 is 6.05. The van der Waals surface area contributed by atoms with Crippen molar-refractivity contribution in [3.05, 3.63) is 28.3 Å². The summed E-state index contributed by atoms with van der Waals surface area (Å²) in [6.07, 6.45) is 0.823. The molecule has 0 aliphatic rings. The molecule has 0 amide bonds. The van der Waals surface area contributed by atoms with E-state index in [1.54, 1.807) is 6.07 Å². The van der Waals surface area contributed by atoms with Gasteiger partial charge in [-0.05, 0) is 42.1 Å². The maximum Gasteiger partial charge on any atom is 0.119 e. The van der Waals surface area contributed by atoms with Gasteiger partial charge < -0.3 is 10.8 Å². The van der Waals surface area contributed by atoms with E-state index in [1.165, 1.54) is 0 Å². The summed E-state index contributed by atoms with van der Waals surface area (Å²) in [6.45, 7) is 4.49. The molecule has 0 spiro atoms. The Hall–Kier alpha value is -0.730. The van der Waals surface area contributed by atoms with Gasteiger partial charge in [-0.2, -0.15) is 0 Å². The Morgan fingerprint density at radius 2 is 2.14 bits per heavy atom. The molecule has 3 N–H and O–H groups in total. The average Bonchev–Trinajstić information content (AvgIpc) is 2.19. The zero-order chi connectivity index (χ0) is 10.7. The highest BCUT2D eigenvalue weighted by Crippen LogP contribution is 2.31. The van der Waals surface area contributed by atoms with E-state index in [-0.39, 0.29) is 5.92 Å². The van der Waals surface area contributed by atoms with Gasteiger partial charge in [-0.25, -0.2) is 0 Å². The molecule has 0 fully saturated rings. The first kappa shape index (κ1) is 11.3. The van der Waals surface area contributed by atoms with E-state index in [4.69, 9.17) is 17.3 Å². The van der Waals surface area contributed by atoms with Gasteiger partial charge in [-0.3, -0.25) is 0 Å². The summed E-state index contributed by atoms with van der Waals surface area (Å²) in [5.74, 6) is 0.433. The largest absolute Gasteiger partial charge is 0.508 e. The number of hydrogen-bond donors (Lipinski definition) is 2. The van der Waals surface area contributed by atoms with Gasteiger partial charge in [-0.1, -0.05) is 25.4 Å². The van der Waals surface area contributed by atoms with Crippen molar-refractivity contribution < 1.29 is 5.11 Å². The van der Waals surface area contributed by atoms with Gasteiger partial charge in [-0.15, -0.1) is 0 Å². The fraction of sp³-hybridized carbons (Fsp3) is 0.455. The van der Waals surface area contributed by atoms with Crippen LogP contribution in [0.3, 0.4) is 0 Å². The van der Waals surface area contributed by atoms with Crippen LogP contribution in [0.5, 0.6) is 5.75 Å². The lowest BCUT2D eigenvalue weighted by Crippen LogP contribution is -2.09. The fourth-order valence-electron chi connectivity index (χ4n) is 1.41. The summed E-state index contributed by atoms with van der Waals surface area (Å²) in [5, 5.41) is 10.4. The molecule has 78 valence electrons. The van der Waals surface area contributed by atoms with Gasteiger partial charge >= 0.3 is 0 Å². The number of hydrogen-bond acceptors (Lipinski definition) is 2. The first-order valence-electron chi connectivity index (χ1n) is 4.81. The van der Waals surface area contributed by atoms with Gasteiger partial charge in [0.25, 0.3) is 0 Å². The summed E-state index contributed by atoms with van der Waals surface area (Å²) in [7, 11) is 0. The summed E-state index contributed by atoms with van der Waals surface area (Å²) in [4.78, 5) is 0. The number of aromatic hydroxyl groups is 1. The summed E-state index contributed by atoms with van der Waals surface area (Å²) < 4.78 is 0. The van der Waals surface area contributed by atoms with Crippen LogP contribution in [0.15, 0.2) is 12.1 Å². The number of aryl methyl sites for hydroxylation is 1. The molecule has 0 aromatic heterocycles. The van der Waals surface area contributed by atoms with Crippen molar-refractivity contribution in [3.8, 4) is 5.75 Å². The normalized spacial score (nSPS) is 12.9. The Morgan fingerprint density at radius 3 is 2.64 bits per heavy atom. The first-order chi connectivity index (χ1) is 6.60. The third-order valence-corrected chi connectivity index (χ3v) is 2.81. The minimum absolute atomic E-state index is 0.137. The second-order valence-electron chi connectivity index (χ2n) is 3.49. The van der Waals surface area contributed by atoms with Crippen LogP contribution >= 0.6 is 11.6 Å². The van der Waals surface area contributed by atoms with Crippen LogP contribution in [0.4, 0.5) is 0 Å². The van der Waals surface area contributed by atoms with Crippen LogP contribution in [-0.2, 0) is 6.42 Å². The molecule has 14 heavy (non-hydrogen) atoms. The molecule has 0 aliphatic carbocycles. The number of halogens is 1. The van der Waals surface area contributed by atoms with Gasteiger partial charge in [0, 0.05) is 5.02 Å². The molecule has 3 heteroatoms. The SMILES string of the molecule is CCc1cc(O)c(C(C)CN)cc1Cl. The first-order valence-corrected chi connectivity index (χ1v) is 5.19. The highest BCUT2D eigenvalue weighted by atomic mass is 35.5. The molecule has 2 nitrogen and oxygen atoms in total. The number of phenolic OH excluding ortho intramolecular Hbond substituents is 1. The molecule has 1 aromatic rings. The molecule has 1 atom stereocenters. The maximum absolute atomic E-state index is 9.73. The molecule has 0 radical (unpaired) electrons. The minimum atomic E-state index is 0.137. The number of phenols is 1. The van der Waals surface area contributed by atoms with Crippen LogP contribution in [-0.4, -0.2) is 11.7 Å². The summed E-state index contributed by atoms with van der Waals surface area (Å²) in [6, 6.07) is 3.54. The monoisotopic (exact) mass is 213 g/mol. The van der Waals surface area contributed by atoms with Gasteiger partial charge in [0.2, 0.25) is 0 Å². The van der Waals surface area contributed by atoms with E-state index >= 15 is 0 Å². The minimum Gasteiger partial charge on any atom is -0.508 e. The second-order valence-corrected chi connectivity index (χ2v) is 3.90. The lowest BCUT2D eigenvalue weighted by molar-refractivity contribution is 0.462. The van der Waals surface area contributed by atoms with Gasteiger partial charge in [0.1, 0.15) is 5.75 Å². The molecule has 0 bridgehead atoms. The smallest absolute Gasteiger partial charge is 0.119 e. The standard InChI is InChI=1S/C11H16ClNO/c1-3-8-4-11(14)9(5-10(8)12)7(2)6-13/h4-5,7,14H,3,6,13H2,1-2H3. The second kappa shape index (κ2) is 4.67. The lowest BCUT2D eigenvalue weighted by Gasteiger charge is -2.13. The van der Waals surface area contributed by atoms with E-state index in [1.807, 2.05) is 19.9 Å². The zero-order valence-corrected chi connectivity index (χ0v) is 9.30. The number of rotatable bonds is 3. The highest BCUT2D eigenvalue weighted by molar-refractivity contribution is 6.31. The number of nitrogens with two attached hydrogens (primary N) is 1. The Labute approximate surface area is 89.7 Å². The Balaban J connectivity index is 3.14. The van der Waals surface area contributed by atoms with Crippen LogP contribution in [0.2, 0.25) is 5.02 Å². The molecule has 1 aromatic carbocycles. The van der Waals surface area contributed by atoms with Crippen molar-refractivity contribution in [1.29, 1.82) is 0 Å². The van der Waals surface area contributed by atoms with Crippen LogP contribution < -0.4 is 5.73 Å². The average molecular weight is 214 g/mol. The van der Waals surface area contributed by atoms with E-state index < -0.39 is 0 Å². The van der Waals surface area contributed by atoms with Crippen molar-refractivity contribution in [2.24, 2.45) is 5.73 Å². The highest BCUT2D eigenvalue weighted by Gasteiger charge is 2.11. The molecule has 0 saturated carbocycles. The Bertz CT molecular complexity index is 325. The fourth-order valence-corrected chi connectivity index (χ4v) is 1.72. The van der Waals surface area contributed by atoms with E-state index in [0.717, 1.165) is 17.5 Å². The van der Waals surface area contributed by atoms with Crippen LogP contribution in [0.1, 0.15) is 30.9 Å². The predicted octanol–water partition coefficient (Wildman–Crippen LogP) is 2.67. The quantitative estimate of drug-likeness (QED) is 0.811. The van der Waals surface area contributed by atoms with E-state index in [2.05, 4.69) is 0 Å². The van der Waals surface area contributed by atoms with Crippen molar-refractivity contribution in [3.63, 3.8) is 0 Å². The van der Waals surface area contributed by atoms with Gasteiger partial charge in [0.15, 0.2) is 0 Å². The van der Waals surface area contributed by atoms with Crippen molar-refractivity contribution in [2.75, 3.05) is 6.54 Å². The predicted molar refractivity (Wildman–Crippen MR) is 60.0 cm³/mol. The summed E-state index contributed by atoms with van der Waals surface area (Å²) in [5.41, 5.74) is 7.34. The van der Waals surface area contributed by atoms with Crippen molar-refractivity contribution in [1.82, 2.24) is 0 Å². The third kappa shape index (κ3) is 2.20. The molecule has 1 rings (SSSR count). The number of benzene rings is 1. The maximum atomic E-state index is 9.73. The third-order valence-electron chi connectivity index (χ3n) is 2.46. The van der Waals surface area contributed by atoms with Crippen molar-refractivity contribution >= 4 is 11.6 Å². The van der Waals surface area contributed by atoms with Crippen LogP contribution in [0.25, 0.3) is 0 Å². The topological polar surface area (TPSA) is 46.2 Å². The zero-order valence-electron chi connectivity index (χ0n) is 8.55. The molecule has 0 heterocycles. The Morgan fingerprint density at radius 1 is 1.50 bits per heavy atom. The van der Waals surface area contributed by atoms with Gasteiger partial charge in [0.05, 0.1) is 0 Å². The molecular formula is C11H16ClNO. The molecule has 0 aliphatic heterocycles. The molecular weight excluding hydrogens is 198 g/mol. The molecule has 1 unspecified atom stereocenters.